The molecule has 0 spiro atoms. The molecular formula is C20H26BClO3. The van der Waals surface area contributed by atoms with E-state index in [9.17, 15) is 10.1 Å². The van der Waals surface area contributed by atoms with Crippen molar-refractivity contribution < 1.29 is 14.8 Å². The number of halogens is 1. The van der Waals surface area contributed by atoms with Gasteiger partial charge >= 0.3 is 7.12 Å². The van der Waals surface area contributed by atoms with E-state index in [1.165, 1.54) is 5.57 Å². The van der Waals surface area contributed by atoms with E-state index in [1.54, 1.807) is 12.1 Å². The van der Waals surface area contributed by atoms with Gasteiger partial charge in [-0.1, -0.05) is 54.8 Å². The highest BCUT2D eigenvalue weighted by atomic mass is 35.5. The van der Waals surface area contributed by atoms with Gasteiger partial charge < -0.3 is 14.8 Å². The molecule has 25 heavy (non-hydrogen) atoms. The van der Waals surface area contributed by atoms with Crippen molar-refractivity contribution >= 4 is 24.8 Å². The standard InChI is InChI=1S/C20H26BClO3/c1-4-5-15(12-16-7-8-17(23)13-19(16)22)6-9-20-18(14(2)3)10-11-21(24)25-20/h7-8,10,12-13,20,23-24H,2,4-6,9,11H2,1,3H3/b15-12+. The van der Waals surface area contributed by atoms with Crippen LogP contribution in [-0.2, 0) is 4.65 Å². The normalized spacial score (nSPS) is 18.2. The van der Waals surface area contributed by atoms with Crippen LogP contribution in [0.4, 0.5) is 0 Å². The lowest BCUT2D eigenvalue weighted by atomic mass is 9.78. The highest BCUT2D eigenvalue weighted by Gasteiger charge is 2.27. The Balaban J connectivity index is 2.13. The maximum absolute atomic E-state index is 9.79. The third-order valence-corrected chi connectivity index (χ3v) is 4.67. The number of phenols is 1. The number of hydrogen-bond donors (Lipinski definition) is 2. The molecule has 1 heterocycles. The predicted molar refractivity (Wildman–Crippen MR) is 106 cm³/mol. The molecule has 0 radical (unpaired) electrons. The Bertz CT molecular complexity index is 682. The van der Waals surface area contributed by atoms with Gasteiger partial charge in [0.05, 0.1) is 11.1 Å². The summed E-state index contributed by atoms with van der Waals surface area (Å²) in [4.78, 5) is 0. The number of phenolic OH excluding ortho intramolecular Hbond substituents is 1. The van der Waals surface area contributed by atoms with Gasteiger partial charge in [0.15, 0.2) is 0 Å². The maximum Gasteiger partial charge on any atom is 0.458 e. The van der Waals surface area contributed by atoms with E-state index >= 15 is 0 Å². The van der Waals surface area contributed by atoms with Crippen LogP contribution in [0.5, 0.6) is 5.75 Å². The Labute approximate surface area is 155 Å². The van der Waals surface area contributed by atoms with Crippen LogP contribution >= 0.6 is 11.6 Å². The number of allylic oxidation sites excluding steroid dienone is 2. The Morgan fingerprint density at radius 1 is 1.44 bits per heavy atom. The highest BCUT2D eigenvalue weighted by Crippen LogP contribution is 2.30. The van der Waals surface area contributed by atoms with Crippen molar-refractivity contribution in [2.24, 2.45) is 0 Å². The summed E-state index contributed by atoms with van der Waals surface area (Å²) >= 11 is 6.22. The van der Waals surface area contributed by atoms with Gasteiger partial charge in [-0.15, -0.1) is 0 Å². The first-order chi connectivity index (χ1) is 11.9. The zero-order valence-corrected chi connectivity index (χ0v) is 15.7. The highest BCUT2D eigenvalue weighted by molar-refractivity contribution is 6.43. The molecule has 0 fully saturated rings. The van der Waals surface area contributed by atoms with E-state index in [-0.39, 0.29) is 11.9 Å². The molecule has 5 heteroatoms. The van der Waals surface area contributed by atoms with Gasteiger partial charge in [0, 0.05) is 6.32 Å². The second-order valence-electron chi connectivity index (χ2n) is 6.55. The fourth-order valence-corrected chi connectivity index (χ4v) is 3.34. The van der Waals surface area contributed by atoms with Crippen LogP contribution < -0.4 is 0 Å². The van der Waals surface area contributed by atoms with Gasteiger partial charge in [-0.25, -0.2) is 0 Å². The summed E-state index contributed by atoms with van der Waals surface area (Å²) in [7, 11) is -0.738. The Hall–Kier alpha value is -1.49. The molecular weight excluding hydrogens is 334 g/mol. The lowest BCUT2D eigenvalue weighted by molar-refractivity contribution is 0.183. The summed E-state index contributed by atoms with van der Waals surface area (Å²) in [6, 6.07) is 5.02. The van der Waals surface area contributed by atoms with Crippen LogP contribution in [0.15, 0.2) is 47.6 Å². The van der Waals surface area contributed by atoms with E-state index in [0.717, 1.165) is 42.4 Å². The molecule has 1 aliphatic heterocycles. The molecule has 1 atom stereocenters. The molecule has 0 amide bonds. The van der Waals surface area contributed by atoms with Crippen LogP contribution in [-0.4, -0.2) is 23.4 Å². The lowest BCUT2D eigenvalue weighted by Gasteiger charge is -2.27. The zero-order chi connectivity index (χ0) is 18.4. The smallest absolute Gasteiger partial charge is 0.458 e. The van der Waals surface area contributed by atoms with Crippen LogP contribution in [0.25, 0.3) is 6.08 Å². The topological polar surface area (TPSA) is 49.7 Å². The van der Waals surface area contributed by atoms with E-state index in [2.05, 4.69) is 19.6 Å². The summed E-state index contributed by atoms with van der Waals surface area (Å²) in [6.45, 7) is 8.14. The monoisotopic (exact) mass is 360 g/mol. The number of benzene rings is 1. The van der Waals surface area contributed by atoms with Gasteiger partial charge in [-0.05, 0) is 55.5 Å². The van der Waals surface area contributed by atoms with Crippen LogP contribution in [0.3, 0.4) is 0 Å². The molecule has 0 bridgehead atoms. The van der Waals surface area contributed by atoms with Gasteiger partial charge in [0.1, 0.15) is 5.75 Å². The molecule has 0 saturated carbocycles. The number of aromatic hydroxyl groups is 1. The molecule has 134 valence electrons. The number of rotatable bonds is 7. The zero-order valence-electron chi connectivity index (χ0n) is 15.0. The van der Waals surface area contributed by atoms with Gasteiger partial charge in [0.25, 0.3) is 0 Å². The summed E-state index contributed by atoms with van der Waals surface area (Å²) in [5.74, 6) is 0.167. The first-order valence-corrected chi connectivity index (χ1v) is 9.16. The van der Waals surface area contributed by atoms with Crippen LogP contribution in [0, 0.1) is 0 Å². The van der Waals surface area contributed by atoms with E-state index in [1.807, 2.05) is 19.1 Å². The van der Waals surface area contributed by atoms with E-state index < -0.39 is 7.12 Å². The van der Waals surface area contributed by atoms with Gasteiger partial charge in [0.2, 0.25) is 0 Å². The second-order valence-corrected chi connectivity index (χ2v) is 6.96. The predicted octanol–water partition coefficient (Wildman–Crippen LogP) is 5.39. The third-order valence-electron chi connectivity index (χ3n) is 4.34. The van der Waals surface area contributed by atoms with Crippen molar-refractivity contribution in [3.8, 4) is 5.75 Å². The summed E-state index contributed by atoms with van der Waals surface area (Å²) < 4.78 is 5.72. The number of hydrogen-bond acceptors (Lipinski definition) is 3. The van der Waals surface area contributed by atoms with Crippen molar-refractivity contribution in [3.63, 3.8) is 0 Å². The minimum Gasteiger partial charge on any atom is -0.508 e. The lowest BCUT2D eigenvalue weighted by Crippen LogP contribution is -2.31. The Morgan fingerprint density at radius 2 is 2.20 bits per heavy atom. The maximum atomic E-state index is 9.79. The summed E-state index contributed by atoms with van der Waals surface area (Å²) in [5, 5.41) is 19.8. The van der Waals surface area contributed by atoms with Crippen LogP contribution in [0.1, 0.15) is 45.1 Å². The average molecular weight is 361 g/mol. The Morgan fingerprint density at radius 3 is 2.84 bits per heavy atom. The average Bonchev–Trinajstić information content (AvgIpc) is 2.55. The summed E-state index contributed by atoms with van der Waals surface area (Å²) in [5.41, 5.74) is 4.26. The second kappa shape index (κ2) is 9.28. The molecule has 2 N–H and O–H groups in total. The van der Waals surface area contributed by atoms with Crippen molar-refractivity contribution in [2.75, 3.05) is 0 Å². The van der Waals surface area contributed by atoms with Crippen molar-refractivity contribution in [1.82, 2.24) is 0 Å². The quantitative estimate of drug-likeness (QED) is 0.641. The van der Waals surface area contributed by atoms with Gasteiger partial charge in [-0.2, -0.15) is 0 Å². The first-order valence-electron chi connectivity index (χ1n) is 8.78. The van der Waals surface area contributed by atoms with Crippen molar-refractivity contribution in [2.45, 2.75) is 52.0 Å². The summed E-state index contributed by atoms with van der Waals surface area (Å²) in [6.07, 6.45) is 8.16. The van der Waals surface area contributed by atoms with Crippen molar-refractivity contribution in [3.05, 3.63) is 58.2 Å². The first kappa shape index (κ1) is 19.8. The van der Waals surface area contributed by atoms with Crippen LogP contribution in [0.2, 0.25) is 11.3 Å². The molecule has 1 aliphatic rings. The third kappa shape index (κ3) is 5.77. The van der Waals surface area contributed by atoms with Gasteiger partial charge in [-0.3, -0.25) is 0 Å². The largest absolute Gasteiger partial charge is 0.508 e. The molecule has 3 nitrogen and oxygen atoms in total. The molecule has 1 aromatic rings. The van der Waals surface area contributed by atoms with E-state index in [0.29, 0.717) is 11.3 Å². The fourth-order valence-electron chi connectivity index (χ4n) is 3.11. The van der Waals surface area contributed by atoms with E-state index in [4.69, 9.17) is 16.3 Å². The molecule has 2 rings (SSSR count). The molecule has 0 aromatic heterocycles. The van der Waals surface area contributed by atoms with Crippen molar-refractivity contribution in [1.29, 1.82) is 0 Å². The SMILES string of the molecule is C=C(C)C1=CCB(O)OC1CC/C(=C/c1ccc(O)cc1Cl)CCC. The molecule has 1 unspecified atom stereocenters. The minimum absolute atomic E-state index is 0.128. The molecule has 0 saturated heterocycles. The molecule has 0 aliphatic carbocycles. The fraction of sp³-hybridized carbons (Fsp3) is 0.400. The minimum atomic E-state index is -0.738. The molecule has 1 aromatic carbocycles. The Kier molecular flexibility index (Phi) is 7.36.